The fraction of sp³-hybridized carbons (Fsp3) is 0.231. The Hall–Kier alpha value is -1.50. The van der Waals surface area contributed by atoms with Crippen LogP contribution in [-0.4, -0.2) is 5.11 Å². The summed E-state index contributed by atoms with van der Waals surface area (Å²) in [5, 5.41) is 9.32. The minimum Gasteiger partial charge on any atom is -0.508 e. The van der Waals surface area contributed by atoms with Gasteiger partial charge in [-0.15, -0.1) is 0 Å². The topological polar surface area (TPSA) is 20.2 Å². The van der Waals surface area contributed by atoms with E-state index in [0.29, 0.717) is 17.6 Å². The molecule has 14 heavy (non-hydrogen) atoms. The van der Waals surface area contributed by atoms with Crippen molar-refractivity contribution in [2.75, 3.05) is 0 Å². The summed E-state index contributed by atoms with van der Waals surface area (Å²) < 4.78 is 0. The van der Waals surface area contributed by atoms with Crippen molar-refractivity contribution in [2.24, 2.45) is 5.92 Å². The Kier molecular flexibility index (Phi) is 2.40. The van der Waals surface area contributed by atoms with E-state index in [1.54, 1.807) is 6.08 Å². The highest BCUT2D eigenvalue weighted by molar-refractivity contribution is 5.31. The van der Waals surface area contributed by atoms with Crippen LogP contribution in [0.2, 0.25) is 0 Å². The number of hydrogen-bond acceptors (Lipinski definition) is 1. The Morgan fingerprint density at radius 3 is 2.50 bits per heavy atom. The van der Waals surface area contributed by atoms with Gasteiger partial charge in [-0.1, -0.05) is 43.3 Å². The van der Waals surface area contributed by atoms with Crippen LogP contribution in [0.15, 0.2) is 54.3 Å². The number of allylic oxidation sites excluding steroid dienone is 3. The smallest absolute Gasteiger partial charge is 0.111 e. The molecule has 0 aliphatic heterocycles. The third kappa shape index (κ3) is 1.72. The standard InChI is InChI=1S/C13H14O/c1-10-9-12(14)7-8-13(10)11-5-3-2-4-6-11/h2-10,13-14H,1H3. The molecule has 72 valence electrons. The minimum atomic E-state index is 0.363. The average molecular weight is 186 g/mol. The molecule has 0 spiro atoms. The molecule has 0 saturated heterocycles. The Labute approximate surface area is 84.4 Å². The molecule has 0 radical (unpaired) electrons. The summed E-state index contributed by atoms with van der Waals surface area (Å²) >= 11 is 0. The van der Waals surface area contributed by atoms with Crippen molar-refractivity contribution in [3.8, 4) is 0 Å². The molecule has 1 nitrogen and oxygen atoms in total. The van der Waals surface area contributed by atoms with Gasteiger partial charge in [-0.05, 0) is 23.6 Å². The predicted molar refractivity (Wildman–Crippen MR) is 58.2 cm³/mol. The van der Waals surface area contributed by atoms with Crippen molar-refractivity contribution in [3.05, 3.63) is 59.9 Å². The molecule has 0 fully saturated rings. The van der Waals surface area contributed by atoms with Gasteiger partial charge >= 0.3 is 0 Å². The first kappa shape index (κ1) is 9.07. The molecule has 0 aromatic heterocycles. The molecule has 1 aliphatic carbocycles. The van der Waals surface area contributed by atoms with Gasteiger partial charge < -0.3 is 5.11 Å². The van der Waals surface area contributed by atoms with E-state index in [1.165, 1.54) is 5.56 Å². The molecule has 2 unspecified atom stereocenters. The number of hydrogen-bond donors (Lipinski definition) is 1. The lowest BCUT2D eigenvalue weighted by Gasteiger charge is -2.21. The molecule has 1 aromatic rings. The second kappa shape index (κ2) is 3.70. The van der Waals surface area contributed by atoms with Crippen molar-refractivity contribution < 1.29 is 5.11 Å². The normalized spacial score (nSPS) is 25.9. The molecular formula is C13H14O. The van der Waals surface area contributed by atoms with Crippen molar-refractivity contribution in [1.29, 1.82) is 0 Å². The number of rotatable bonds is 1. The van der Waals surface area contributed by atoms with E-state index in [-0.39, 0.29) is 0 Å². The lowest BCUT2D eigenvalue weighted by Crippen LogP contribution is -2.08. The van der Waals surface area contributed by atoms with Crippen LogP contribution >= 0.6 is 0 Å². The zero-order valence-corrected chi connectivity index (χ0v) is 8.22. The summed E-state index contributed by atoms with van der Waals surface area (Å²) in [7, 11) is 0. The molecule has 1 aromatic carbocycles. The van der Waals surface area contributed by atoms with Crippen molar-refractivity contribution in [3.63, 3.8) is 0 Å². The number of aliphatic hydroxyl groups excluding tert-OH is 1. The molecule has 0 amide bonds. The van der Waals surface area contributed by atoms with E-state index >= 15 is 0 Å². The first-order valence-electron chi connectivity index (χ1n) is 4.91. The van der Waals surface area contributed by atoms with Gasteiger partial charge in [-0.25, -0.2) is 0 Å². The van der Waals surface area contributed by atoms with Crippen LogP contribution in [-0.2, 0) is 0 Å². The summed E-state index contributed by atoms with van der Waals surface area (Å²) in [6.07, 6.45) is 5.74. The number of aliphatic hydroxyl groups is 1. The lowest BCUT2D eigenvalue weighted by atomic mass is 9.84. The SMILES string of the molecule is CC1C=C(O)C=CC1c1ccccc1. The van der Waals surface area contributed by atoms with Gasteiger partial charge in [-0.2, -0.15) is 0 Å². The van der Waals surface area contributed by atoms with E-state index in [0.717, 1.165) is 0 Å². The maximum atomic E-state index is 9.32. The van der Waals surface area contributed by atoms with E-state index in [9.17, 15) is 5.11 Å². The highest BCUT2D eigenvalue weighted by atomic mass is 16.3. The third-order valence-electron chi connectivity index (χ3n) is 2.66. The van der Waals surface area contributed by atoms with Crippen molar-refractivity contribution in [1.82, 2.24) is 0 Å². The lowest BCUT2D eigenvalue weighted by molar-refractivity contribution is 0.415. The molecule has 2 atom stereocenters. The second-order valence-corrected chi connectivity index (χ2v) is 3.75. The highest BCUT2D eigenvalue weighted by Crippen LogP contribution is 2.30. The average Bonchev–Trinajstić information content (AvgIpc) is 2.19. The summed E-state index contributed by atoms with van der Waals surface area (Å²) in [4.78, 5) is 0. The number of benzene rings is 1. The van der Waals surface area contributed by atoms with Crippen LogP contribution in [0.1, 0.15) is 18.4 Å². The summed E-state index contributed by atoms with van der Waals surface area (Å²) in [5.74, 6) is 1.14. The van der Waals surface area contributed by atoms with Crippen LogP contribution in [0.5, 0.6) is 0 Å². The minimum absolute atomic E-state index is 0.363. The summed E-state index contributed by atoms with van der Waals surface area (Å²) in [5.41, 5.74) is 1.31. The van der Waals surface area contributed by atoms with Gasteiger partial charge in [-0.3, -0.25) is 0 Å². The van der Waals surface area contributed by atoms with Crippen LogP contribution in [0.3, 0.4) is 0 Å². The van der Waals surface area contributed by atoms with E-state index in [2.05, 4.69) is 25.1 Å². The van der Waals surface area contributed by atoms with Gasteiger partial charge in [0.2, 0.25) is 0 Å². The first-order valence-corrected chi connectivity index (χ1v) is 4.91. The van der Waals surface area contributed by atoms with E-state index < -0.39 is 0 Å². The zero-order valence-electron chi connectivity index (χ0n) is 8.22. The summed E-state index contributed by atoms with van der Waals surface area (Å²) in [6.45, 7) is 2.12. The van der Waals surface area contributed by atoms with Crippen LogP contribution in [0, 0.1) is 5.92 Å². The van der Waals surface area contributed by atoms with E-state index in [1.807, 2.05) is 24.3 Å². The van der Waals surface area contributed by atoms with Crippen LogP contribution in [0.25, 0.3) is 0 Å². The molecule has 0 bridgehead atoms. The fourth-order valence-electron chi connectivity index (χ4n) is 1.90. The van der Waals surface area contributed by atoms with Crippen LogP contribution < -0.4 is 0 Å². The van der Waals surface area contributed by atoms with Crippen LogP contribution in [0.4, 0.5) is 0 Å². The zero-order chi connectivity index (χ0) is 9.97. The molecule has 0 saturated carbocycles. The monoisotopic (exact) mass is 186 g/mol. The summed E-state index contributed by atoms with van der Waals surface area (Å²) in [6, 6.07) is 10.4. The molecule has 1 N–H and O–H groups in total. The molecule has 0 heterocycles. The fourth-order valence-corrected chi connectivity index (χ4v) is 1.90. The van der Waals surface area contributed by atoms with Gasteiger partial charge in [0.25, 0.3) is 0 Å². The molecular weight excluding hydrogens is 172 g/mol. The second-order valence-electron chi connectivity index (χ2n) is 3.75. The predicted octanol–water partition coefficient (Wildman–Crippen LogP) is 3.42. The highest BCUT2D eigenvalue weighted by Gasteiger charge is 2.17. The van der Waals surface area contributed by atoms with Gasteiger partial charge in [0, 0.05) is 5.92 Å². The maximum Gasteiger partial charge on any atom is 0.111 e. The molecule has 1 aliphatic rings. The Bertz CT molecular complexity index is 362. The Morgan fingerprint density at radius 2 is 1.86 bits per heavy atom. The molecule has 2 rings (SSSR count). The van der Waals surface area contributed by atoms with Gasteiger partial charge in [0.15, 0.2) is 0 Å². The first-order chi connectivity index (χ1) is 6.77. The Balaban J connectivity index is 2.26. The molecule has 1 heteroatoms. The quantitative estimate of drug-likeness (QED) is 0.712. The van der Waals surface area contributed by atoms with Crippen molar-refractivity contribution in [2.45, 2.75) is 12.8 Å². The Morgan fingerprint density at radius 1 is 1.14 bits per heavy atom. The largest absolute Gasteiger partial charge is 0.508 e. The third-order valence-corrected chi connectivity index (χ3v) is 2.66. The maximum absolute atomic E-state index is 9.32. The van der Waals surface area contributed by atoms with Gasteiger partial charge in [0.1, 0.15) is 5.76 Å². The van der Waals surface area contributed by atoms with Gasteiger partial charge in [0.05, 0.1) is 0 Å². The van der Waals surface area contributed by atoms with Crippen molar-refractivity contribution >= 4 is 0 Å². The van der Waals surface area contributed by atoms with E-state index in [4.69, 9.17) is 0 Å².